The van der Waals surface area contributed by atoms with Crippen molar-refractivity contribution < 1.29 is 14.3 Å². The van der Waals surface area contributed by atoms with E-state index in [0.29, 0.717) is 11.1 Å². The molecule has 2 heterocycles. The Labute approximate surface area is 92.6 Å². The number of epoxide rings is 1. The summed E-state index contributed by atoms with van der Waals surface area (Å²) in [7, 11) is 0. The summed E-state index contributed by atoms with van der Waals surface area (Å²) in [6.45, 7) is 2.70. The van der Waals surface area contributed by atoms with Gasteiger partial charge < -0.3 is 4.74 Å². The quantitative estimate of drug-likeness (QED) is 0.589. The van der Waals surface area contributed by atoms with Crippen molar-refractivity contribution in [3.05, 3.63) is 34.4 Å². The second-order valence-electron chi connectivity index (χ2n) is 4.23. The summed E-state index contributed by atoms with van der Waals surface area (Å²) in [6.07, 6.45) is 0.934. The van der Waals surface area contributed by atoms with E-state index in [9.17, 15) is 9.59 Å². The van der Waals surface area contributed by atoms with Gasteiger partial charge >= 0.3 is 0 Å². The van der Waals surface area contributed by atoms with Gasteiger partial charge in [-0.2, -0.15) is 0 Å². The number of hydrogen-bond donors (Lipinski definition) is 1. The molecule has 4 nitrogen and oxygen atoms in total. The van der Waals surface area contributed by atoms with Gasteiger partial charge in [0.2, 0.25) is 0 Å². The third kappa shape index (κ3) is 1.34. The van der Waals surface area contributed by atoms with Gasteiger partial charge in [-0.15, -0.1) is 0 Å². The van der Waals surface area contributed by atoms with Crippen molar-refractivity contribution in [2.75, 3.05) is 6.61 Å². The number of amides is 2. The number of rotatable bonds is 2. The molecule has 4 heteroatoms. The monoisotopic (exact) mass is 217 g/mol. The van der Waals surface area contributed by atoms with Gasteiger partial charge in [0.25, 0.3) is 11.8 Å². The zero-order valence-electron chi connectivity index (χ0n) is 8.87. The van der Waals surface area contributed by atoms with Crippen molar-refractivity contribution in [2.45, 2.75) is 19.4 Å². The molecular formula is C12H11NO3. The van der Waals surface area contributed by atoms with Crippen LogP contribution in [0.3, 0.4) is 0 Å². The third-order valence-electron chi connectivity index (χ3n) is 3.08. The van der Waals surface area contributed by atoms with E-state index >= 15 is 0 Å². The van der Waals surface area contributed by atoms with Gasteiger partial charge in [-0.1, -0.05) is 6.07 Å². The maximum absolute atomic E-state index is 11.7. The van der Waals surface area contributed by atoms with Crippen LogP contribution < -0.4 is 5.32 Å². The number of hydrogen-bond acceptors (Lipinski definition) is 3. The fraction of sp³-hybridized carbons (Fsp3) is 0.333. The first-order chi connectivity index (χ1) is 7.66. The molecule has 1 saturated heterocycles. The number of aryl methyl sites for hydroxylation is 1. The Hall–Kier alpha value is -1.68. The number of ether oxygens (including phenoxy) is 1. The van der Waals surface area contributed by atoms with Gasteiger partial charge in [0.15, 0.2) is 0 Å². The van der Waals surface area contributed by atoms with Crippen LogP contribution in [0.25, 0.3) is 0 Å². The lowest BCUT2D eigenvalue weighted by Gasteiger charge is -2.07. The Morgan fingerprint density at radius 1 is 1.38 bits per heavy atom. The van der Waals surface area contributed by atoms with Crippen LogP contribution in [0.15, 0.2) is 12.1 Å². The minimum absolute atomic E-state index is 0.216. The van der Waals surface area contributed by atoms with Crippen LogP contribution in [0.2, 0.25) is 0 Å². The molecule has 16 heavy (non-hydrogen) atoms. The molecule has 0 radical (unpaired) electrons. The van der Waals surface area contributed by atoms with Gasteiger partial charge in [-0.05, 0) is 24.1 Å². The van der Waals surface area contributed by atoms with Gasteiger partial charge in [0.05, 0.1) is 23.8 Å². The SMILES string of the molecule is Cc1ccc2c(c1CC1CO1)C(=O)NC2=O. The van der Waals surface area contributed by atoms with Crippen molar-refractivity contribution in [3.63, 3.8) is 0 Å². The van der Waals surface area contributed by atoms with Crippen molar-refractivity contribution >= 4 is 11.8 Å². The molecule has 0 bridgehead atoms. The first-order valence-electron chi connectivity index (χ1n) is 5.26. The van der Waals surface area contributed by atoms with Crippen LogP contribution in [-0.4, -0.2) is 24.5 Å². The molecule has 0 spiro atoms. The average Bonchev–Trinajstić information content (AvgIpc) is 2.99. The summed E-state index contributed by atoms with van der Waals surface area (Å²) in [4.78, 5) is 23.2. The molecule has 0 aromatic heterocycles. The highest BCUT2D eigenvalue weighted by Crippen LogP contribution is 2.27. The molecule has 82 valence electrons. The maximum atomic E-state index is 11.7. The third-order valence-corrected chi connectivity index (χ3v) is 3.08. The number of fused-ring (bicyclic) bond motifs is 1. The molecule has 2 aliphatic rings. The summed E-state index contributed by atoms with van der Waals surface area (Å²) < 4.78 is 5.17. The second kappa shape index (κ2) is 3.15. The molecule has 1 aromatic rings. The zero-order valence-corrected chi connectivity index (χ0v) is 8.87. The average molecular weight is 217 g/mol. The smallest absolute Gasteiger partial charge is 0.259 e. The maximum Gasteiger partial charge on any atom is 0.259 e. The molecule has 1 aromatic carbocycles. The van der Waals surface area contributed by atoms with Crippen LogP contribution in [0.1, 0.15) is 31.8 Å². The summed E-state index contributed by atoms with van der Waals surface area (Å²) in [5.74, 6) is -0.572. The predicted octanol–water partition coefficient (Wildman–Crippen LogP) is 0.820. The molecule has 1 N–H and O–H groups in total. The molecule has 2 amide bonds. The van der Waals surface area contributed by atoms with Crippen molar-refractivity contribution in [3.8, 4) is 0 Å². The second-order valence-corrected chi connectivity index (χ2v) is 4.23. The van der Waals surface area contributed by atoms with Crippen molar-refractivity contribution in [1.29, 1.82) is 0 Å². The largest absolute Gasteiger partial charge is 0.373 e. The van der Waals surface area contributed by atoms with Crippen molar-refractivity contribution in [1.82, 2.24) is 5.32 Å². The van der Waals surface area contributed by atoms with E-state index in [-0.39, 0.29) is 17.9 Å². The lowest BCUT2D eigenvalue weighted by atomic mass is 9.94. The standard InChI is InChI=1S/C12H11NO3/c1-6-2-3-8-10(12(15)13-11(8)14)9(6)4-7-5-16-7/h2-3,7H,4-5H2,1H3,(H,13,14,15). The molecule has 2 aliphatic heterocycles. The Bertz CT molecular complexity index is 503. The molecule has 1 fully saturated rings. The lowest BCUT2D eigenvalue weighted by molar-refractivity contribution is 0.0879. The van der Waals surface area contributed by atoms with Gasteiger partial charge in [0.1, 0.15) is 0 Å². The fourth-order valence-corrected chi connectivity index (χ4v) is 2.11. The highest BCUT2D eigenvalue weighted by Gasteiger charge is 2.33. The van der Waals surface area contributed by atoms with Crippen LogP contribution in [-0.2, 0) is 11.2 Å². The van der Waals surface area contributed by atoms with E-state index in [1.807, 2.05) is 13.0 Å². The molecule has 1 unspecified atom stereocenters. The molecule has 1 atom stereocenters. The van der Waals surface area contributed by atoms with E-state index in [2.05, 4.69) is 5.32 Å². The fourth-order valence-electron chi connectivity index (χ4n) is 2.11. The zero-order chi connectivity index (χ0) is 11.3. The number of nitrogens with one attached hydrogen (secondary N) is 1. The van der Waals surface area contributed by atoms with E-state index in [0.717, 1.165) is 24.2 Å². The van der Waals surface area contributed by atoms with E-state index in [1.165, 1.54) is 0 Å². The number of carbonyl (C=O) groups is 2. The summed E-state index contributed by atoms with van der Waals surface area (Å²) in [6, 6.07) is 3.59. The molecule has 0 aliphatic carbocycles. The Kier molecular flexibility index (Phi) is 1.88. The van der Waals surface area contributed by atoms with E-state index in [1.54, 1.807) is 6.07 Å². The predicted molar refractivity (Wildman–Crippen MR) is 56.4 cm³/mol. The number of carbonyl (C=O) groups excluding carboxylic acids is 2. The van der Waals surface area contributed by atoms with Crippen LogP contribution in [0, 0.1) is 6.92 Å². The van der Waals surface area contributed by atoms with Gasteiger partial charge in [-0.25, -0.2) is 0 Å². The van der Waals surface area contributed by atoms with Crippen molar-refractivity contribution in [2.24, 2.45) is 0 Å². The van der Waals surface area contributed by atoms with Gasteiger partial charge in [-0.3, -0.25) is 14.9 Å². The number of imide groups is 1. The Balaban J connectivity index is 2.14. The first kappa shape index (κ1) is 9.54. The minimum atomic E-state index is -0.294. The molecular weight excluding hydrogens is 206 g/mol. The topological polar surface area (TPSA) is 58.7 Å². The van der Waals surface area contributed by atoms with Crippen LogP contribution >= 0.6 is 0 Å². The first-order valence-corrected chi connectivity index (χ1v) is 5.26. The van der Waals surface area contributed by atoms with E-state index < -0.39 is 0 Å². The molecule has 0 saturated carbocycles. The van der Waals surface area contributed by atoms with Crippen LogP contribution in [0.5, 0.6) is 0 Å². The van der Waals surface area contributed by atoms with Gasteiger partial charge in [0, 0.05) is 6.42 Å². The van der Waals surface area contributed by atoms with E-state index in [4.69, 9.17) is 4.74 Å². The normalized spacial score (nSPS) is 21.9. The van der Waals surface area contributed by atoms with Crippen LogP contribution in [0.4, 0.5) is 0 Å². The Morgan fingerprint density at radius 2 is 2.12 bits per heavy atom. The highest BCUT2D eigenvalue weighted by atomic mass is 16.6. The summed E-state index contributed by atoms with van der Waals surface area (Å²) in [5.41, 5.74) is 3.02. The Morgan fingerprint density at radius 3 is 2.81 bits per heavy atom. The molecule has 3 rings (SSSR count). The lowest BCUT2D eigenvalue weighted by Crippen LogP contribution is -2.20. The number of benzene rings is 1. The summed E-state index contributed by atoms with van der Waals surface area (Å²) in [5, 5.41) is 2.32. The minimum Gasteiger partial charge on any atom is -0.373 e. The summed E-state index contributed by atoms with van der Waals surface area (Å²) >= 11 is 0. The highest BCUT2D eigenvalue weighted by molar-refractivity contribution is 6.22.